The van der Waals surface area contributed by atoms with Gasteiger partial charge in [-0.05, 0) is 32.1 Å². The van der Waals surface area contributed by atoms with Crippen molar-refractivity contribution in [1.82, 2.24) is 25.3 Å². The van der Waals surface area contributed by atoms with Crippen LogP contribution in [-0.2, 0) is 0 Å². The standard InChI is InChI=1S/C18H24ClN5O/c1-23-9-11-24(12-10-23)8-4-7-20-18(25)17-13-16(21-22-17)14-5-2-3-6-15(14)19/h2-3,5-6,13H,4,7-12H2,1H3,(H,20,25)(H,21,22). The van der Waals surface area contributed by atoms with Gasteiger partial charge in [0.25, 0.3) is 5.91 Å². The third-order valence-electron chi connectivity index (χ3n) is 4.50. The molecule has 1 fully saturated rings. The van der Waals surface area contributed by atoms with Crippen LogP contribution in [0, 0.1) is 0 Å². The van der Waals surface area contributed by atoms with Crippen LogP contribution < -0.4 is 5.32 Å². The largest absolute Gasteiger partial charge is 0.351 e. The summed E-state index contributed by atoms with van der Waals surface area (Å²) in [6.45, 7) is 6.11. The van der Waals surface area contributed by atoms with Crippen molar-refractivity contribution < 1.29 is 4.79 Å². The van der Waals surface area contributed by atoms with Gasteiger partial charge in [-0.1, -0.05) is 29.8 Å². The van der Waals surface area contributed by atoms with Crippen LogP contribution >= 0.6 is 11.6 Å². The number of aromatic nitrogens is 2. The molecule has 1 aromatic carbocycles. The number of aromatic amines is 1. The maximum Gasteiger partial charge on any atom is 0.269 e. The summed E-state index contributed by atoms with van der Waals surface area (Å²) in [7, 11) is 2.15. The number of carbonyl (C=O) groups excluding carboxylic acids is 1. The number of rotatable bonds is 6. The number of hydrogen-bond donors (Lipinski definition) is 2. The smallest absolute Gasteiger partial charge is 0.269 e. The predicted octanol–water partition coefficient (Wildman–Crippen LogP) is 2.10. The molecule has 7 heteroatoms. The second-order valence-corrected chi connectivity index (χ2v) is 6.81. The number of likely N-dealkylation sites (N-methyl/N-ethyl adjacent to an activating group) is 1. The van der Waals surface area contributed by atoms with E-state index < -0.39 is 0 Å². The van der Waals surface area contributed by atoms with Gasteiger partial charge in [-0.15, -0.1) is 0 Å². The Morgan fingerprint density at radius 1 is 1.28 bits per heavy atom. The maximum absolute atomic E-state index is 12.2. The zero-order valence-electron chi connectivity index (χ0n) is 14.5. The van der Waals surface area contributed by atoms with Crippen LogP contribution in [0.15, 0.2) is 30.3 Å². The topological polar surface area (TPSA) is 64.3 Å². The zero-order chi connectivity index (χ0) is 17.6. The molecule has 1 aromatic heterocycles. The molecule has 0 bridgehead atoms. The van der Waals surface area contributed by atoms with Crippen molar-refractivity contribution in [2.45, 2.75) is 6.42 Å². The number of H-pyrrole nitrogens is 1. The van der Waals surface area contributed by atoms with Crippen LogP contribution in [0.25, 0.3) is 11.3 Å². The lowest BCUT2D eigenvalue weighted by Gasteiger charge is -2.32. The second-order valence-electron chi connectivity index (χ2n) is 6.40. The lowest BCUT2D eigenvalue weighted by atomic mass is 10.1. The van der Waals surface area contributed by atoms with E-state index in [4.69, 9.17) is 11.6 Å². The van der Waals surface area contributed by atoms with E-state index in [1.807, 2.05) is 24.3 Å². The summed E-state index contributed by atoms with van der Waals surface area (Å²) >= 11 is 6.17. The van der Waals surface area contributed by atoms with Gasteiger partial charge in [0.2, 0.25) is 0 Å². The summed E-state index contributed by atoms with van der Waals surface area (Å²) in [5, 5.41) is 10.5. The summed E-state index contributed by atoms with van der Waals surface area (Å²) in [6.07, 6.45) is 0.945. The van der Waals surface area contributed by atoms with Gasteiger partial charge >= 0.3 is 0 Å². The minimum atomic E-state index is -0.135. The fraction of sp³-hybridized carbons (Fsp3) is 0.444. The number of hydrogen-bond acceptors (Lipinski definition) is 4. The first-order valence-corrected chi connectivity index (χ1v) is 9.00. The quantitative estimate of drug-likeness (QED) is 0.773. The molecular weight excluding hydrogens is 338 g/mol. The highest BCUT2D eigenvalue weighted by molar-refractivity contribution is 6.33. The monoisotopic (exact) mass is 361 g/mol. The van der Waals surface area contributed by atoms with Gasteiger partial charge in [0, 0.05) is 38.3 Å². The number of carbonyl (C=O) groups is 1. The van der Waals surface area contributed by atoms with E-state index >= 15 is 0 Å². The Kier molecular flexibility index (Phi) is 6.07. The molecule has 1 saturated heterocycles. The van der Waals surface area contributed by atoms with Crippen LogP contribution in [0.2, 0.25) is 5.02 Å². The molecule has 0 aliphatic carbocycles. The molecule has 1 aliphatic rings. The average Bonchev–Trinajstić information content (AvgIpc) is 3.10. The van der Waals surface area contributed by atoms with E-state index in [1.54, 1.807) is 6.07 Å². The maximum atomic E-state index is 12.2. The van der Waals surface area contributed by atoms with E-state index in [-0.39, 0.29) is 5.91 Å². The molecule has 134 valence electrons. The molecule has 1 aliphatic heterocycles. The van der Waals surface area contributed by atoms with E-state index in [2.05, 4.69) is 32.4 Å². The van der Waals surface area contributed by atoms with E-state index in [0.717, 1.165) is 44.7 Å². The first-order valence-electron chi connectivity index (χ1n) is 8.63. The van der Waals surface area contributed by atoms with Crippen molar-refractivity contribution in [1.29, 1.82) is 0 Å². The molecule has 1 amide bonds. The fourth-order valence-corrected chi connectivity index (χ4v) is 3.15. The highest BCUT2D eigenvalue weighted by atomic mass is 35.5. The van der Waals surface area contributed by atoms with Crippen molar-refractivity contribution in [3.8, 4) is 11.3 Å². The average molecular weight is 362 g/mol. The Hall–Kier alpha value is -1.89. The Labute approximate surface area is 153 Å². The van der Waals surface area contributed by atoms with Crippen molar-refractivity contribution in [2.24, 2.45) is 0 Å². The number of benzene rings is 1. The third kappa shape index (κ3) is 4.81. The Morgan fingerprint density at radius 2 is 2.04 bits per heavy atom. The molecule has 0 spiro atoms. The summed E-state index contributed by atoms with van der Waals surface area (Å²) in [5.74, 6) is -0.135. The molecule has 0 saturated carbocycles. The van der Waals surface area contributed by atoms with Crippen molar-refractivity contribution in [2.75, 3.05) is 46.3 Å². The molecular formula is C18H24ClN5O. The Bertz CT molecular complexity index is 709. The molecule has 0 unspecified atom stereocenters. The van der Waals surface area contributed by atoms with Gasteiger partial charge < -0.3 is 15.1 Å². The molecule has 25 heavy (non-hydrogen) atoms. The van der Waals surface area contributed by atoms with Crippen LogP contribution in [0.4, 0.5) is 0 Å². The first-order chi connectivity index (χ1) is 12.1. The highest BCUT2D eigenvalue weighted by Gasteiger charge is 2.14. The summed E-state index contributed by atoms with van der Waals surface area (Å²) in [6, 6.07) is 9.19. The third-order valence-corrected chi connectivity index (χ3v) is 4.83. The van der Waals surface area contributed by atoms with Gasteiger partial charge in [0.05, 0.1) is 10.7 Å². The Morgan fingerprint density at radius 3 is 2.80 bits per heavy atom. The van der Waals surface area contributed by atoms with Crippen molar-refractivity contribution in [3.05, 3.63) is 41.0 Å². The lowest BCUT2D eigenvalue weighted by molar-refractivity contribution is 0.0944. The molecule has 2 N–H and O–H groups in total. The van der Waals surface area contributed by atoms with Gasteiger partial charge in [0.15, 0.2) is 0 Å². The summed E-state index contributed by atoms with van der Waals surface area (Å²) < 4.78 is 0. The fourth-order valence-electron chi connectivity index (χ4n) is 2.92. The van der Waals surface area contributed by atoms with Gasteiger partial charge in [-0.3, -0.25) is 9.89 Å². The normalized spacial score (nSPS) is 16.1. The molecule has 6 nitrogen and oxygen atoms in total. The van der Waals surface area contributed by atoms with E-state index in [0.29, 0.717) is 23.0 Å². The van der Waals surface area contributed by atoms with Crippen molar-refractivity contribution >= 4 is 17.5 Å². The van der Waals surface area contributed by atoms with E-state index in [9.17, 15) is 4.79 Å². The van der Waals surface area contributed by atoms with Gasteiger partial charge in [-0.25, -0.2) is 0 Å². The minimum Gasteiger partial charge on any atom is -0.351 e. The number of nitrogens with one attached hydrogen (secondary N) is 2. The summed E-state index contributed by atoms with van der Waals surface area (Å²) in [5.41, 5.74) is 1.94. The second kappa shape index (κ2) is 8.47. The minimum absolute atomic E-state index is 0.135. The predicted molar refractivity (Wildman–Crippen MR) is 99.9 cm³/mol. The molecule has 0 atom stereocenters. The van der Waals surface area contributed by atoms with Crippen LogP contribution in [-0.4, -0.2) is 72.2 Å². The van der Waals surface area contributed by atoms with Crippen LogP contribution in [0.1, 0.15) is 16.9 Å². The number of piperazine rings is 1. The van der Waals surface area contributed by atoms with Gasteiger partial charge in [0.1, 0.15) is 5.69 Å². The SMILES string of the molecule is CN1CCN(CCCNC(=O)c2cc(-c3ccccc3Cl)n[nH]2)CC1. The first kappa shape index (κ1) is 17.9. The zero-order valence-corrected chi connectivity index (χ0v) is 15.2. The molecule has 3 rings (SSSR count). The summed E-state index contributed by atoms with van der Waals surface area (Å²) in [4.78, 5) is 17.0. The Balaban J connectivity index is 1.45. The molecule has 0 radical (unpaired) electrons. The molecule has 2 heterocycles. The van der Waals surface area contributed by atoms with Gasteiger partial charge in [-0.2, -0.15) is 5.10 Å². The van der Waals surface area contributed by atoms with Crippen LogP contribution in [0.3, 0.4) is 0 Å². The number of amides is 1. The van der Waals surface area contributed by atoms with Crippen molar-refractivity contribution in [3.63, 3.8) is 0 Å². The highest BCUT2D eigenvalue weighted by Crippen LogP contribution is 2.26. The molecule has 2 aromatic rings. The van der Waals surface area contributed by atoms with Crippen LogP contribution in [0.5, 0.6) is 0 Å². The number of nitrogens with zero attached hydrogens (tertiary/aromatic N) is 3. The number of halogens is 1. The van der Waals surface area contributed by atoms with E-state index in [1.165, 1.54) is 0 Å². The lowest BCUT2D eigenvalue weighted by Crippen LogP contribution is -2.45.